The molecule has 0 bridgehead atoms. The lowest BCUT2D eigenvalue weighted by atomic mass is 9.99. The summed E-state index contributed by atoms with van der Waals surface area (Å²) in [7, 11) is 0. The molecule has 2 heterocycles. The van der Waals surface area contributed by atoms with Gasteiger partial charge in [0.05, 0.1) is 6.61 Å². The lowest BCUT2D eigenvalue weighted by Crippen LogP contribution is -2.43. The number of rotatable bonds is 4. The van der Waals surface area contributed by atoms with Gasteiger partial charge in [0.1, 0.15) is 16.7 Å². The van der Waals surface area contributed by atoms with Crippen LogP contribution < -0.4 is 0 Å². The number of nitrogens with zero attached hydrogens (tertiary/aromatic N) is 2. The Labute approximate surface area is 136 Å². The third kappa shape index (κ3) is 5.25. The van der Waals surface area contributed by atoms with Gasteiger partial charge < -0.3 is 14.4 Å². The summed E-state index contributed by atoms with van der Waals surface area (Å²) < 4.78 is 11.4. The van der Waals surface area contributed by atoms with E-state index in [9.17, 15) is 4.79 Å². The summed E-state index contributed by atoms with van der Waals surface area (Å²) >= 11 is 1.61. The minimum Gasteiger partial charge on any atom is -0.444 e. The molecule has 2 unspecified atom stereocenters. The molecule has 0 aliphatic carbocycles. The van der Waals surface area contributed by atoms with Crippen LogP contribution in [0.2, 0.25) is 0 Å². The van der Waals surface area contributed by atoms with Gasteiger partial charge in [-0.3, -0.25) is 0 Å². The number of hydrogen-bond donors (Lipinski definition) is 0. The number of piperidine rings is 1. The van der Waals surface area contributed by atoms with E-state index in [4.69, 9.17) is 9.47 Å². The fraction of sp³-hybridized carbons (Fsp3) is 0.750. The molecule has 2 rings (SSSR count). The molecular formula is C16H26N2O3S. The molecule has 0 spiro atoms. The Balaban J connectivity index is 1.79. The Hall–Kier alpha value is -1.14. The van der Waals surface area contributed by atoms with E-state index in [-0.39, 0.29) is 12.2 Å². The van der Waals surface area contributed by atoms with Crippen molar-refractivity contribution in [3.63, 3.8) is 0 Å². The lowest BCUT2D eigenvalue weighted by molar-refractivity contribution is -0.00385. The maximum absolute atomic E-state index is 12.1. The molecular weight excluding hydrogens is 300 g/mol. The van der Waals surface area contributed by atoms with E-state index in [1.165, 1.54) is 0 Å². The molecule has 124 valence electrons. The molecule has 0 N–H and O–H groups in total. The maximum Gasteiger partial charge on any atom is 0.410 e. The first-order valence-corrected chi connectivity index (χ1v) is 8.72. The van der Waals surface area contributed by atoms with Crippen molar-refractivity contribution in [2.45, 2.75) is 52.2 Å². The van der Waals surface area contributed by atoms with Crippen molar-refractivity contribution in [2.24, 2.45) is 5.92 Å². The number of carbonyl (C=O) groups is 1. The molecule has 6 heteroatoms. The number of amides is 1. The van der Waals surface area contributed by atoms with Gasteiger partial charge in [-0.1, -0.05) is 0 Å². The van der Waals surface area contributed by atoms with Gasteiger partial charge in [0.25, 0.3) is 0 Å². The van der Waals surface area contributed by atoms with Crippen LogP contribution in [0.15, 0.2) is 11.6 Å². The van der Waals surface area contributed by atoms with E-state index in [2.05, 4.69) is 4.98 Å². The molecule has 1 aliphatic heterocycles. The highest BCUT2D eigenvalue weighted by molar-refractivity contribution is 7.09. The Morgan fingerprint density at radius 1 is 1.55 bits per heavy atom. The second-order valence-corrected chi connectivity index (χ2v) is 7.71. The molecule has 0 aromatic carbocycles. The van der Waals surface area contributed by atoms with E-state index >= 15 is 0 Å². The van der Waals surface area contributed by atoms with Crippen molar-refractivity contribution in [1.29, 1.82) is 0 Å². The average Bonchev–Trinajstić information content (AvgIpc) is 2.97. The summed E-state index contributed by atoms with van der Waals surface area (Å²) in [4.78, 5) is 18.2. The van der Waals surface area contributed by atoms with Crippen LogP contribution in [0.5, 0.6) is 0 Å². The minimum absolute atomic E-state index is 0.0110. The van der Waals surface area contributed by atoms with Crippen LogP contribution >= 0.6 is 11.3 Å². The van der Waals surface area contributed by atoms with Crippen molar-refractivity contribution < 1.29 is 14.3 Å². The fourth-order valence-electron chi connectivity index (χ4n) is 2.48. The van der Waals surface area contributed by atoms with E-state index in [1.54, 1.807) is 22.4 Å². The van der Waals surface area contributed by atoms with Gasteiger partial charge in [-0.15, -0.1) is 11.3 Å². The van der Waals surface area contributed by atoms with E-state index in [0.29, 0.717) is 19.1 Å². The number of hydrogen-bond acceptors (Lipinski definition) is 5. The molecule has 1 aliphatic rings. The Kier molecular flexibility index (Phi) is 5.81. The molecule has 0 radical (unpaired) electrons. The molecule has 1 aromatic heterocycles. The number of aromatic nitrogens is 1. The Bertz CT molecular complexity index is 470. The van der Waals surface area contributed by atoms with Crippen molar-refractivity contribution in [1.82, 2.24) is 9.88 Å². The van der Waals surface area contributed by atoms with Crippen molar-refractivity contribution >= 4 is 17.4 Å². The van der Waals surface area contributed by atoms with Gasteiger partial charge in [0.2, 0.25) is 0 Å². The minimum atomic E-state index is -0.445. The summed E-state index contributed by atoms with van der Waals surface area (Å²) in [6.07, 6.45) is 3.68. The van der Waals surface area contributed by atoms with Crippen LogP contribution in [0, 0.1) is 5.92 Å². The predicted molar refractivity (Wildman–Crippen MR) is 87.0 cm³/mol. The summed E-state index contributed by atoms with van der Waals surface area (Å²) in [6.45, 7) is 9.84. The molecule has 1 amide bonds. The standard InChI is InChI=1S/C16H26N2O3S/c1-12(14-17-7-9-22-14)20-11-13-6-5-8-18(10-13)15(19)21-16(2,3)4/h7,9,12-13H,5-6,8,10-11H2,1-4H3. The highest BCUT2D eigenvalue weighted by atomic mass is 32.1. The predicted octanol–water partition coefficient (Wildman–Crippen LogP) is 3.87. The molecule has 1 aromatic rings. The van der Waals surface area contributed by atoms with Crippen molar-refractivity contribution in [2.75, 3.05) is 19.7 Å². The van der Waals surface area contributed by atoms with Gasteiger partial charge in [-0.25, -0.2) is 9.78 Å². The number of carbonyl (C=O) groups excluding carboxylic acids is 1. The first-order valence-electron chi connectivity index (χ1n) is 7.84. The largest absolute Gasteiger partial charge is 0.444 e. The Morgan fingerprint density at radius 2 is 2.32 bits per heavy atom. The monoisotopic (exact) mass is 326 g/mol. The smallest absolute Gasteiger partial charge is 0.410 e. The van der Waals surface area contributed by atoms with Gasteiger partial charge in [0, 0.05) is 30.6 Å². The van der Waals surface area contributed by atoms with E-state index < -0.39 is 5.60 Å². The topological polar surface area (TPSA) is 51.7 Å². The SMILES string of the molecule is CC(OCC1CCCN(C(=O)OC(C)(C)C)C1)c1nccs1. The summed E-state index contributed by atoms with van der Waals surface area (Å²) in [5.74, 6) is 0.365. The normalized spacial score (nSPS) is 20.7. The van der Waals surface area contributed by atoms with Crippen LogP contribution in [0.3, 0.4) is 0 Å². The van der Waals surface area contributed by atoms with Crippen molar-refractivity contribution in [3.05, 3.63) is 16.6 Å². The highest BCUT2D eigenvalue weighted by Gasteiger charge is 2.28. The second-order valence-electron chi connectivity index (χ2n) is 6.78. The number of thiazole rings is 1. The molecule has 5 nitrogen and oxygen atoms in total. The quantitative estimate of drug-likeness (QED) is 0.843. The van der Waals surface area contributed by atoms with Crippen LogP contribution in [-0.4, -0.2) is 41.3 Å². The van der Waals surface area contributed by atoms with Crippen LogP contribution in [-0.2, 0) is 9.47 Å². The summed E-state index contributed by atoms with van der Waals surface area (Å²) in [5, 5.41) is 2.96. The highest BCUT2D eigenvalue weighted by Crippen LogP contribution is 2.23. The second kappa shape index (κ2) is 7.42. The van der Waals surface area contributed by atoms with Crippen molar-refractivity contribution in [3.8, 4) is 0 Å². The van der Waals surface area contributed by atoms with Gasteiger partial charge >= 0.3 is 6.09 Å². The van der Waals surface area contributed by atoms with Crippen LogP contribution in [0.4, 0.5) is 4.79 Å². The molecule has 1 fully saturated rings. The van der Waals surface area contributed by atoms with E-state index in [0.717, 1.165) is 24.4 Å². The zero-order valence-corrected chi connectivity index (χ0v) is 14.7. The fourth-order valence-corrected chi connectivity index (χ4v) is 3.12. The van der Waals surface area contributed by atoms with E-state index in [1.807, 2.05) is 33.1 Å². The summed E-state index contributed by atoms with van der Waals surface area (Å²) in [6, 6.07) is 0. The van der Waals surface area contributed by atoms with Gasteiger partial charge in [-0.2, -0.15) is 0 Å². The number of ether oxygens (including phenoxy) is 2. The number of likely N-dealkylation sites (tertiary alicyclic amines) is 1. The first kappa shape index (κ1) is 17.2. The summed E-state index contributed by atoms with van der Waals surface area (Å²) in [5.41, 5.74) is -0.445. The molecule has 1 saturated heterocycles. The third-order valence-corrected chi connectivity index (χ3v) is 4.49. The average molecular weight is 326 g/mol. The zero-order valence-electron chi connectivity index (χ0n) is 13.9. The van der Waals surface area contributed by atoms with Gasteiger partial charge in [0.15, 0.2) is 0 Å². The lowest BCUT2D eigenvalue weighted by Gasteiger charge is -2.34. The van der Waals surface area contributed by atoms with Gasteiger partial charge in [-0.05, 0) is 40.5 Å². The molecule has 2 atom stereocenters. The molecule has 0 saturated carbocycles. The zero-order chi connectivity index (χ0) is 16.2. The molecule has 22 heavy (non-hydrogen) atoms. The third-order valence-electron chi connectivity index (χ3n) is 3.55. The Morgan fingerprint density at radius 3 is 2.95 bits per heavy atom. The first-order chi connectivity index (χ1) is 10.3. The van der Waals surface area contributed by atoms with Crippen LogP contribution in [0.1, 0.15) is 51.6 Å². The van der Waals surface area contributed by atoms with Crippen LogP contribution in [0.25, 0.3) is 0 Å². The maximum atomic E-state index is 12.1.